The molecule has 1 aromatic heterocycles. The second kappa shape index (κ2) is 3.84. The summed E-state index contributed by atoms with van der Waals surface area (Å²) in [5.74, 6) is 0.521. The Morgan fingerprint density at radius 1 is 1.36 bits per heavy atom. The van der Waals surface area contributed by atoms with Gasteiger partial charge in [0, 0.05) is 34.5 Å². The molecule has 2 nitrogen and oxygen atoms in total. The predicted octanol–water partition coefficient (Wildman–Crippen LogP) is 2.76. The van der Waals surface area contributed by atoms with Crippen molar-refractivity contribution in [2.24, 2.45) is 0 Å². The smallest absolute Gasteiger partial charge is 0.152 e. The summed E-state index contributed by atoms with van der Waals surface area (Å²) >= 11 is 5.66. The Labute approximate surface area is 86.9 Å². The number of rotatable bonds is 3. The first kappa shape index (κ1) is 9.28. The number of para-hydroxylation sites is 1. The van der Waals surface area contributed by atoms with Crippen LogP contribution in [0.1, 0.15) is 16.1 Å². The average Bonchev–Trinajstić information content (AvgIpc) is 2.55. The number of aryl methyl sites for hydroxylation is 1. The van der Waals surface area contributed by atoms with Crippen LogP contribution in [-0.2, 0) is 6.42 Å². The zero-order valence-corrected chi connectivity index (χ0v) is 8.34. The largest absolute Gasteiger partial charge is 0.358 e. The highest BCUT2D eigenvalue weighted by molar-refractivity contribution is 6.18. The van der Waals surface area contributed by atoms with E-state index >= 15 is 0 Å². The van der Waals surface area contributed by atoms with E-state index in [0.29, 0.717) is 12.3 Å². The molecule has 0 radical (unpaired) electrons. The normalized spacial score (nSPS) is 10.6. The van der Waals surface area contributed by atoms with Gasteiger partial charge in [0.05, 0.1) is 0 Å². The lowest BCUT2D eigenvalue weighted by Crippen LogP contribution is -1.91. The van der Waals surface area contributed by atoms with Crippen molar-refractivity contribution >= 4 is 28.8 Å². The molecule has 0 aliphatic rings. The Bertz CT molecular complexity index is 461. The molecule has 2 rings (SSSR count). The van der Waals surface area contributed by atoms with Crippen molar-refractivity contribution in [3.05, 3.63) is 35.5 Å². The second-order valence-corrected chi connectivity index (χ2v) is 3.50. The van der Waals surface area contributed by atoms with Crippen molar-refractivity contribution in [1.82, 2.24) is 4.98 Å². The molecule has 1 N–H and O–H groups in total. The number of H-pyrrole nitrogens is 1. The summed E-state index contributed by atoms with van der Waals surface area (Å²) in [5, 5.41) is 0.975. The first-order valence-corrected chi connectivity index (χ1v) is 5.01. The fourth-order valence-corrected chi connectivity index (χ4v) is 1.83. The quantitative estimate of drug-likeness (QED) is 0.609. The molecule has 0 spiro atoms. The molecular formula is C11H10ClNO. The number of aromatic amines is 1. The van der Waals surface area contributed by atoms with E-state index in [9.17, 15) is 4.79 Å². The number of carbonyl (C=O) groups excluding carboxylic acids is 1. The molecule has 2 aromatic rings. The van der Waals surface area contributed by atoms with Crippen molar-refractivity contribution < 1.29 is 4.79 Å². The molecule has 1 heterocycles. The average molecular weight is 208 g/mol. The third-order valence-electron chi connectivity index (χ3n) is 2.29. The number of hydrogen-bond acceptors (Lipinski definition) is 1. The highest BCUT2D eigenvalue weighted by atomic mass is 35.5. The van der Waals surface area contributed by atoms with Crippen molar-refractivity contribution in [3.63, 3.8) is 0 Å². The Kier molecular flexibility index (Phi) is 2.55. The van der Waals surface area contributed by atoms with Gasteiger partial charge >= 0.3 is 0 Å². The molecule has 0 bridgehead atoms. The lowest BCUT2D eigenvalue weighted by atomic mass is 10.1. The van der Waals surface area contributed by atoms with E-state index in [1.54, 1.807) is 0 Å². The van der Waals surface area contributed by atoms with Crippen molar-refractivity contribution in [1.29, 1.82) is 0 Å². The highest BCUT2D eigenvalue weighted by Gasteiger charge is 2.08. The fourth-order valence-electron chi connectivity index (χ4n) is 1.65. The van der Waals surface area contributed by atoms with Crippen LogP contribution in [0.4, 0.5) is 0 Å². The van der Waals surface area contributed by atoms with E-state index in [1.807, 2.05) is 24.3 Å². The molecule has 0 amide bonds. The number of aromatic nitrogens is 1. The van der Waals surface area contributed by atoms with Gasteiger partial charge in [0.2, 0.25) is 0 Å². The number of carbonyl (C=O) groups is 1. The van der Waals surface area contributed by atoms with Crippen LogP contribution in [-0.4, -0.2) is 17.2 Å². The third kappa shape index (κ3) is 1.42. The zero-order valence-electron chi connectivity index (χ0n) is 7.59. The van der Waals surface area contributed by atoms with Gasteiger partial charge in [-0.15, -0.1) is 11.6 Å². The van der Waals surface area contributed by atoms with E-state index in [-0.39, 0.29) is 0 Å². The molecule has 72 valence electrons. The maximum Gasteiger partial charge on any atom is 0.152 e. The molecule has 0 saturated carbocycles. The SMILES string of the molecule is O=Cc1c(CCCl)[nH]c2ccccc12. The summed E-state index contributed by atoms with van der Waals surface area (Å²) in [6, 6.07) is 7.76. The van der Waals surface area contributed by atoms with Gasteiger partial charge in [0.1, 0.15) is 0 Å². The van der Waals surface area contributed by atoms with Gasteiger partial charge in [-0.3, -0.25) is 4.79 Å². The van der Waals surface area contributed by atoms with Crippen LogP contribution >= 0.6 is 11.6 Å². The van der Waals surface area contributed by atoms with Crippen LogP contribution in [0.15, 0.2) is 24.3 Å². The summed E-state index contributed by atoms with van der Waals surface area (Å²) in [6.45, 7) is 0. The summed E-state index contributed by atoms with van der Waals surface area (Å²) < 4.78 is 0. The molecule has 1 aromatic carbocycles. The minimum Gasteiger partial charge on any atom is -0.358 e. The minimum atomic E-state index is 0.521. The fraction of sp³-hybridized carbons (Fsp3) is 0.182. The molecule has 3 heteroatoms. The molecule has 0 aliphatic heterocycles. The van der Waals surface area contributed by atoms with E-state index < -0.39 is 0 Å². The van der Waals surface area contributed by atoms with Crippen LogP contribution in [0.3, 0.4) is 0 Å². The van der Waals surface area contributed by atoms with Crippen molar-refractivity contribution in [2.45, 2.75) is 6.42 Å². The molecule has 0 aliphatic carbocycles. The predicted molar refractivity (Wildman–Crippen MR) is 58.1 cm³/mol. The van der Waals surface area contributed by atoms with Gasteiger partial charge in [-0.2, -0.15) is 0 Å². The van der Waals surface area contributed by atoms with Crippen LogP contribution in [0.5, 0.6) is 0 Å². The van der Waals surface area contributed by atoms with Crippen LogP contribution in [0.2, 0.25) is 0 Å². The molecule has 0 atom stereocenters. The van der Waals surface area contributed by atoms with Gasteiger partial charge in [0.25, 0.3) is 0 Å². The van der Waals surface area contributed by atoms with Crippen LogP contribution in [0.25, 0.3) is 10.9 Å². The first-order chi connectivity index (χ1) is 6.86. The number of fused-ring (bicyclic) bond motifs is 1. The standard InChI is InChI=1S/C11H10ClNO/c12-6-5-11-9(7-14)8-3-1-2-4-10(8)13-11/h1-4,7,13H,5-6H2. The number of alkyl halides is 1. The Hall–Kier alpha value is -1.28. The molecule has 14 heavy (non-hydrogen) atoms. The second-order valence-electron chi connectivity index (χ2n) is 3.12. The number of nitrogens with one attached hydrogen (secondary N) is 1. The number of halogens is 1. The lowest BCUT2D eigenvalue weighted by molar-refractivity contribution is 0.112. The van der Waals surface area contributed by atoms with Crippen molar-refractivity contribution in [2.75, 3.05) is 5.88 Å². The molecule has 0 unspecified atom stereocenters. The summed E-state index contributed by atoms with van der Waals surface area (Å²) in [6.07, 6.45) is 1.59. The maximum atomic E-state index is 10.9. The summed E-state index contributed by atoms with van der Waals surface area (Å²) in [5.41, 5.74) is 2.66. The van der Waals surface area contributed by atoms with Gasteiger partial charge < -0.3 is 4.98 Å². The summed E-state index contributed by atoms with van der Waals surface area (Å²) in [4.78, 5) is 14.1. The molecule has 0 saturated heterocycles. The minimum absolute atomic E-state index is 0.521. The maximum absolute atomic E-state index is 10.9. The summed E-state index contributed by atoms with van der Waals surface area (Å²) in [7, 11) is 0. The van der Waals surface area contributed by atoms with Crippen LogP contribution in [0, 0.1) is 0 Å². The number of aldehydes is 1. The highest BCUT2D eigenvalue weighted by Crippen LogP contribution is 2.21. The topological polar surface area (TPSA) is 32.9 Å². The number of benzene rings is 1. The molecule has 0 fully saturated rings. The van der Waals surface area contributed by atoms with Gasteiger partial charge in [-0.05, 0) is 6.07 Å². The lowest BCUT2D eigenvalue weighted by Gasteiger charge is -1.92. The Morgan fingerprint density at radius 2 is 2.14 bits per heavy atom. The first-order valence-electron chi connectivity index (χ1n) is 4.47. The third-order valence-corrected chi connectivity index (χ3v) is 2.48. The van der Waals surface area contributed by atoms with Crippen molar-refractivity contribution in [3.8, 4) is 0 Å². The van der Waals surface area contributed by atoms with E-state index in [1.165, 1.54) is 0 Å². The number of hydrogen-bond donors (Lipinski definition) is 1. The molecular weight excluding hydrogens is 198 g/mol. The van der Waals surface area contributed by atoms with Gasteiger partial charge in [0.15, 0.2) is 6.29 Å². The Balaban J connectivity index is 2.65. The van der Waals surface area contributed by atoms with Crippen LogP contribution < -0.4 is 0 Å². The van der Waals surface area contributed by atoms with Gasteiger partial charge in [-0.1, -0.05) is 18.2 Å². The Morgan fingerprint density at radius 3 is 2.86 bits per heavy atom. The van der Waals surface area contributed by atoms with E-state index in [4.69, 9.17) is 11.6 Å². The zero-order chi connectivity index (χ0) is 9.97. The monoisotopic (exact) mass is 207 g/mol. The van der Waals surface area contributed by atoms with E-state index in [2.05, 4.69) is 4.98 Å². The van der Waals surface area contributed by atoms with E-state index in [0.717, 1.165) is 28.4 Å². The van der Waals surface area contributed by atoms with Gasteiger partial charge in [-0.25, -0.2) is 0 Å².